The predicted octanol–water partition coefficient (Wildman–Crippen LogP) is 0.690. The van der Waals surface area contributed by atoms with Gasteiger partial charge < -0.3 is 16.2 Å². The van der Waals surface area contributed by atoms with E-state index in [4.69, 9.17) is 5.73 Å². The maximum Gasteiger partial charge on any atom is 0.139 e. The number of rotatable bonds is 0. The van der Waals surface area contributed by atoms with Crippen molar-refractivity contribution in [3.63, 3.8) is 0 Å². The summed E-state index contributed by atoms with van der Waals surface area (Å²) in [5, 5.41) is 12.6. The summed E-state index contributed by atoms with van der Waals surface area (Å²) in [6.45, 7) is 0. The molecule has 3 heteroatoms. The first-order chi connectivity index (χ1) is 6.27. The van der Waals surface area contributed by atoms with E-state index in [1.54, 1.807) is 0 Å². The van der Waals surface area contributed by atoms with E-state index in [0.717, 1.165) is 18.5 Å². The number of hydrogen-bond donors (Lipinski definition) is 3. The van der Waals surface area contributed by atoms with Gasteiger partial charge in [-0.1, -0.05) is 18.2 Å². The van der Waals surface area contributed by atoms with Gasteiger partial charge in [-0.15, -0.1) is 0 Å². The van der Waals surface area contributed by atoms with E-state index in [1.165, 1.54) is 5.56 Å². The Balaban J connectivity index is 2.29. The molecule has 0 aromatic heterocycles. The van der Waals surface area contributed by atoms with Gasteiger partial charge in [-0.25, -0.2) is 0 Å². The van der Waals surface area contributed by atoms with Crippen LogP contribution >= 0.6 is 0 Å². The number of aliphatic hydroxyl groups is 1. The van der Waals surface area contributed by atoms with Gasteiger partial charge in [0, 0.05) is 11.7 Å². The summed E-state index contributed by atoms with van der Waals surface area (Å²) >= 11 is 0. The van der Waals surface area contributed by atoms with Crippen LogP contribution in [0.15, 0.2) is 24.3 Å². The number of para-hydroxylation sites is 1. The molecule has 0 amide bonds. The standard InChI is InChI=1S/C10H14N2O/c11-8-6-5-7-3-1-2-4-9(7)12-10(8)13/h1-4,8,10,12-13H,5-6,11H2/t8-,10?/m0/s1. The summed E-state index contributed by atoms with van der Waals surface area (Å²) in [7, 11) is 0. The first-order valence-electron chi connectivity index (χ1n) is 4.55. The van der Waals surface area contributed by atoms with Crippen LogP contribution in [0.4, 0.5) is 5.69 Å². The molecule has 1 heterocycles. The highest BCUT2D eigenvalue weighted by molar-refractivity contribution is 5.52. The van der Waals surface area contributed by atoms with Crippen LogP contribution in [0.25, 0.3) is 0 Å². The van der Waals surface area contributed by atoms with Gasteiger partial charge in [0.15, 0.2) is 0 Å². The molecular weight excluding hydrogens is 164 g/mol. The second-order valence-electron chi connectivity index (χ2n) is 3.45. The number of benzene rings is 1. The van der Waals surface area contributed by atoms with Crippen LogP contribution < -0.4 is 11.1 Å². The van der Waals surface area contributed by atoms with Crippen LogP contribution in [0.3, 0.4) is 0 Å². The van der Waals surface area contributed by atoms with Gasteiger partial charge >= 0.3 is 0 Å². The largest absolute Gasteiger partial charge is 0.372 e. The van der Waals surface area contributed by atoms with Crippen molar-refractivity contribution < 1.29 is 5.11 Å². The zero-order valence-electron chi connectivity index (χ0n) is 7.40. The summed E-state index contributed by atoms with van der Waals surface area (Å²) in [6.07, 6.45) is 1.13. The fraction of sp³-hybridized carbons (Fsp3) is 0.400. The smallest absolute Gasteiger partial charge is 0.139 e. The number of fused-ring (bicyclic) bond motifs is 1. The average Bonchev–Trinajstić information content (AvgIpc) is 2.28. The van der Waals surface area contributed by atoms with Crippen LogP contribution in [0.5, 0.6) is 0 Å². The van der Waals surface area contributed by atoms with Crippen LogP contribution in [0, 0.1) is 0 Å². The molecule has 1 aliphatic heterocycles. The summed E-state index contributed by atoms with van der Waals surface area (Å²) in [4.78, 5) is 0. The van der Waals surface area contributed by atoms with Crippen molar-refractivity contribution in [1.29, 1.82) is 0 Å². The van der Waals surface area contributed by atoms with Gasteiger partial charge in [0.1, 0.15) is 6.23 Å². The van der Waals surface area contributed by atoms with Gasteiger partial charge in [0.05, 0.1) is 0 Å². The molecule has 0 radical (unpaired) electrons. The van der Waals surface area contributed by atoms with Gasteiger partial charge in [-0.05, 0) is 24.5 Å². The van der Waals surface area contributed by atoms with Gasteiger partial charge in [-0.2, -0.15) is 0 Å². The number of aryl methyl sites for hydroxylation is 1. The zero-order valence-corrected chi connectivity index (χ0v) is 7.40. The van der Waals surface area contributed by atoms with E-state index >= 15 is 0 Å². The maximum atomic E-state index is 9.57. The molecule has 13 heavy (non-hydrogen) atoms. The topological polar surface area (TPSA) is 58.3 Å². The average molecular weight is 178 g/mol. The Morgan fingerprint density at radius 3 is 3.00 bits per heavy atom. The highest BCUT2D eigenvalue weighted by Gasteiger charge is 2.19. The summed E-state index contributed by atoms with van der Waals surface area (Å²) in [5.41, 5.74) is 7.98. The number of aliphatic hydroxyl groups excluding tert-OH is 1. The number of nitrogens with one attached hydrogen (secondary N) is 1. The van der Waals surface area contributed by atoms with E-state index < -0.39 is 6.23 Å². The molecule has 70 valence electrons. The molecule has 0 aliphatic carbocycles. The van der Waals surface area contributed by atoms with Gasteiger partial charge in [0.25, 0.3) is 0 Å². The molecule has 1 aromatic carbocycles. The van der Waals surface area contributed by atoms with Crippen molar-refractivity contribution in [2.24, 2.45) is 5.73 Å². The van der Waals surface area contributed by atoms with E-state index in [0.29, 0.717) is 0 Å². The van der Waals surface area contributed by atoms with Gasteiger partial charge in [-0.3, -0.25) is 0 Å². The number of anilines is 1. The highest BCUT2D eigenvalue weighted by atomic mass is 16.3. The molecule has 3 nitrogen and oxygen atoms in total. The quantitative estimate of drug-likeness (QED) is 0.548. The van der Waals surface area contributed by atoms with E-state index in [9.17, 15) is 5.11 Å². The normalized spacial score (nSPS) is 27.2. The van der Waals surface area contributed by atoms with E-state index in [-0.39, 0.29) is 6.04 Å². The van der Waals surface area contributed by atoms with Gasteiger partial charge in [0.2, 0.25) is 0 Å². The molecule has 1 aliphatic rings. The van der Waals surface area contributed by atoms with Crippen LogP contribution in [-0.2, 0) is 6.42 Å². The van der Waals surface area contributed by atoms with Crippen molar-refractivity contribution in [3.05, 3.63) is 29.8 Å². The van der Waals surface area contributed by atoms with Crippen molar-refractivity contribution in [2.45, 2.75) is 25.1 Å². The molecule has 2 rings (SSSR count). The van der Waals surface area contributed by atoms with E-state index in [1.807, 2.05) is 18.2 Å². The lowest BCUT2D eigenvalue weighted by molar-refractivity contribution is 0.170. The summed E-state index contributed by atoms with van der Waals surface area (Å²) in [6, 6.07) is 7.82. The molecule has 0 bridgehead atoms. The molecule has 1 unspecified atom stereocenters. The minimum Gasteiger partial charge on any atom is -0.372 e. The fourth-order valence-corrected chi connectivity index (χ4v) is 1.63. The Bertz CT molecular complexity index is 301. The molecule has 1 aromatic rings. The summed E-state index contributed by atoms with van der Waals surface area (Å²) < 4.78 is 0. The molecule has 0 spiro atoms. The van der Waals surface area contributed by atoms with Crippen LogP contribution in [0.1, 0.15) is 12.0 Å². The first-order valence-corrected chi connectivity index (χ1v) is 4.55. The maximum absolute atomic E-state index is 9.57. The first kappa shape index (κ1) is 8.53. The molecule has 4 N–H and O–H groups in total. The molecule has 0 saturated carbocycles. The lowest BCUT2D eigenvalue weighted by Gasteiger charge is -2.17. The van der Waals surface area contributed by atoms with Crippen molar-refractivity contribution in [2.75, 3.05) is 5.32 Å². The molecular formula is C10H14N2O. The third kappa shape index (κ3) is 1.66. The Labute approximate surface area is 77.6 Å². The SMILES string of the molecule is N[C@H]1CCc2ccccc2NC1O. The minimum absolute atomic E-state index is 0.174. The summed E-state index contributed by atoms with van der Waals surface area (Å²) in [5.74, 6) is 0. The predicted molar refractivity (Wildman–Crippen MR) is 52.4 cm³/mol. The second kappa shape index (κ2) is 3.36. The fourth-order valence-electron chi connectivity index (χ4n) is 1.63. The lowest BCUT2D eigenvalue weighted by Crippen LogP contribution is -2.39. The van der Waals surface area contributed by atoms with Crippen molar-refractivity contribution in [1.82, 2.24) is 0 Å². The minimum atomic E-state index is -0.622. The van der Waals surface area contributed by atoms with Crippen molar-refractivity contribution >= 4 is 5.69 Å². The third-order valence-electron chi connectivity index (χ3n) is 2.47. The Kier molecular flexibility index (Phi) is 2.20. The Hall–Kier alpha value is -1.06. The number of nitrogens with two attached hydrogens (primary N) is 1. The second-order valence-corrected chi connectivity index (χ2v) is 3.45. The third-order valence-corrected chi connectivity index (χ3v) is 2.47. The number of hydrogen-bond acceptors (Lipinski definition) is 3. The lowest BCUT2D eigenvalue weighted by atomic mass is 10.1. The molecule has 0 saturated heterocycles. The zero-order chi connectivity index (χ0) is 9.26. The molecule has 0 fully saturated rings. The Morgan fingerprint density at radius 1 is 1.38 bits per heavy atom. The molecule has 2 atom stereocenters. The van der Waals surface area contributed by atoms with Crippen LogP contribution in [0.2, 0.25) is 0 Å². The monoisotopic (exact) mass is 178 g/mol. The Morgan fingerprint density at radius 2 is 2.15 bits per heavy atom. The van der Waals surface area contributed by atoms with Crippen molar-refractivity contribution in [3.8, 4) is 0 Å². The van der Waals surface area contributed by atoms with Crippen LogP contribution in [-0.4, -0.2) is 17.4 Å². The van der Waals surface area contributed by atoms with E-state index in [2.05, 4.69) is 11.4 Å². The highest BCUT2D eigenvalue weighted by Crippen LogP contribution is 2.22.